The molecule has 0 spiro atoms. The summed E-state index contributed by atoms with van der Waals surface area (Å²) in [5.74, 6) is -0.00444. The maximum absolute atomic E-state index is 12.7. The number of aryl methyl sites for hydroxylation is 1. The van der Waals surface area contributed by atoms with Crippen LogP contribution in [0.3, 0.4) is 0 Å². The van der Waals surface area contributed by atoms with E-state index < -0.39 is 17.7 Å². The monoisotopic (exact) mass is 303 g/mol. The number of ether oxygens (including phenoxy) is 1. The molecule has 4 heteroatoms. The Hall–Kier alpha value is -1.84. The van der Waals surface area contributed by atoms with E-state index in [4.69, 9.17) is 4.74 Å². The molecule has 0 aliphatic carbocycles. The number of amides is 1. The second-order valence-electron chi connectivity index (χ2n) is 7.06. The van der Waals surface area contributed by atoms with Crippen LogP contribution in [-0.4, -0.2) is 34.5 Å². The molecule has 1 saturated heterocycles. The third-order valence-electron chi connectivity index (χ3n) is 3.91. The lowest BCUT2D eigenvalue weighted by molar-refractivity contribution is 0.0160. The van der Waals surface area contributed by atoms with Gasteiger partial charge in [-0.1, -0.05) is 29.8 Å². The van der Waals surface area contributed by atoms with E-state index in [-0.39, 0.29) is 11.8 Å². The molecule has 0 N–H and O–H groups in total. The Morgan fingerprint density at radius 3 is 2.27 bits per heavy atom. The molecule has 2 atom stereocenters. The van der Waals surface area contributed by atoms with Gasteiger partial charge in [0.25, 0.3) is 0 Å². The van der Waals surface area contributed by atoms with Crippen LogP contribution in [0.25, 0.3) is 0 Å². The molecule has 1 aromatic rings. The summed E-state index contributed by atoms with van der Waals surface area (Å²) in [5, 5.41) is 0. The quantitative estimate of drug-likeness (QED) is 0.777. The third kappa shape index (κ3) is 3.67. The Labute approximate surface area is 132 Å². The summed E-state index contributed by atoms with van der Waals surface area (Å²) >= 11 is 0. The maximum atomic E-state index is 12.7. The summed E-state index contributed by atoms with van der Waals surface area (Å²) in [6.07, 6.45) is 1.11. The predicted octanol–water partition coefficient (Wildman–Crippen LogP) is 3.97. The van der Waals surface area contributed by atoms with Crippen LogP contribution >= 0.6 is 0 Å². The molecule has 22 heavy (non-hydrogen) atoms. The fourth-order valence-electron chi connectivity index (χ4n) is 2.77. The lowest BCUT2D eigenvalue weighted by Gasteiger charge is -2.30. The van der Waals surface area contributed by atoms with Crippen molar-refractivity contribution in [3.05, 3.63) is 35.4 Å². The summed E-state index contributed by atoms with van der Waals surface area (Å²) in [5.41, 5.74) is 1.20. The SMILES string of the molecule is Cc1ccc(C(=O)[C@@H]2CC[C@H](C)N2C(=O)OC(C)(C)C)cc1. The lowest BCUT2D eigenvalue weighted by atomic mass is 10.0. The Morgan fingerprint density at radius 2 is 1.73 bits per heavy atom. The van der Waals surface area contributed by atoms with Crippen molar-refractivity contribution in [1.82, 2.24) is 4.90 Å². The minimum atomic E-state index is -0.559. The molecule has 1 aliphatic rings. The van der Waals surface area contributed by atoms with Gasteiger partial charge in [0.05, 0.1) is 6.04 Å². The van der Waals surface area contributed by atoms with Crippen LogP contribution < -0.4 is 0 Å². The van der Waals surface area contributed by atoms with Crippen LogP contribution in [0.2, 0.25) is 0 Å². The Balaban J connectivity index is 2.20. The van der Waals surface area contributed by atoms with Gasteiger partial charge in [-0.2, -0.15) is 0 Å². The van der Waals surface area contributed by atoms with Gasteiger partial charge in [0.1, 0.15) is 5.60 Å². The second kappa shape index (κ2) is 6.11. The largest absolute Gasteiger partial charge is 0.444 e. The zero-order valence-corrected chi connectivity index (χ0v) is 14.1. The standard InChI is InChI=1S/C18H25NO3/c1-12-6-9-14(10-7-12)16(20)15-11-8-13(2)19(15)17(21)22-18(3,4)5/h6-7,9-10,13,15H,8,11H2,1-5H3/t13-,15-/m0/s1. The number of hydrogen-bond donors (Lipinski definition) is 0. The summed E-state index contributed by atoms with van der Waals surface area (Å²) in [4.78, 5) is 26.8. The first-order valence-corrected chi connectivity index (χ1v) is 7.81. The number of carbonyl (C=O) groups is 2. The van der Waals surface area contributed by atoms with E-state index in [9.17, 15) is 9.59 Å². The van der Waals surface area contributed by atoms with Crippen molar-refractivity contribution in [3.8, 4) is 0 Å². The van der Waals surface area contributed by atoms with Gasteiger partial charge in [0, 0.05) is 11.6 Å². The van der Waals surface area contributed by atoms with Crippen molar-refractivity contribution in [2.75, 3.05) is 0 Å². The summed E-state index contributed by atoms with van der Waals surface area (Å²) in [7, 11) is 0. The average molecular weight is 303 g/mol. The highest BCUT2D eigenvalue weighted by atomic mass is 16.6. The summed E-state index contributed by atoms with van der Waals surface area (Å²) < 4.78 is 5.46. The zero-order valence-electron chi connectivity index (χ0n) is 14.1. The molecule has 120 valence electrons. The fraction of sp³-hybridized carbons (Fsp3) is 0.556. The van der Waals surface area contributed by atoms with Gasteiger partial charge >= 0.3 is 6.09 Å². The highest BCUT2D eigenvalue weighted by molar-refractivity contribution is 6.01. The molecule has 1 heterocycles. The lowest BCUT2D eigenvalue weighted by Crippen LogP contribution is -2.46. The summed E-state index contributed by atoms with van der Waals surface area (Å²) in [6.45, 7) is 9.46. The van der Waals surface area contributed by atoms with Crippen molar-refractivity contribution in [2.45, 2.75) is 65.1 Å². The maximum Gasteiger partial charge on any atom is 0.411 e. The Kier molecular flexibility index (Phi) is 4.59. The van der Waals surface area contributed by atoms with Crippen LogP contribution in [0, 0.1) is 6.92 Å². The molecular formula is C18H25NO3. The van der Waals surface area contributed by atoms with Crippen LogP contribution in [0.1, 0.15) is 56.5 Å². The van der Waals surface area contributed by atoms with Crippen molar-refractivity contribution in [3.63, 3.8) is 0 Å². The fourth-order valence-corrected chi connectivity index (χ4v) is 2.77. The van der Waals surface area contributed by atoms with E-state index in [0.29, 0.717) is 12.0 Å². The number of hydrogen-bond acceptors (Lipinski definition) is 3. The number of ketones is 1. The van der Waals surface area contributed by atoms with E-state index >= 15 is 0 Å². The van der Waals surface area contributed by atoms with Crippen molar-refractivity contribution >= 4 is 11.9 Å². The first kappa shape index (κ1) is 16.5. The first-order valence-electron chi connectivity index (χ1n) is 7.81. The summed E-state index contributed by atoms with van der Waals surface area (Å²) in [6, 6.07) is 7.09. The van der Waals surface area contributed by atoms with Gasteiger partial charge in [0.2, 0.25) is 0 Å². The number of rotatable bonds is 2. The first-order chi connectivity index (χ1) is 10.2. The molecule has 0 unspecified atom stereocenters. The Morgan fingerprint density at radius 1 is 1.14 bits per heavy atom. The van der Waals surface area contributed by atoms with Crippen LogP contribution in [0.5, 0.6) is 0 Å². The van der Waals surface area contributed by atoms with E-state index in [0.717, 1.165) is 12.0 Å². The van der Waals surface area contributed by atoms with Crippen LogP contribution in [-0.2, 0) is 4.74 Å². The molecule has 0 bridgehead atoms. The van der Waals surface area contributed by atoms with Gasteiger partial charge in [-0.25, -0.2) is 4.79 Å². The van der Waals surface area contributed by atoms with Gasteiger partial charge < -0.3 is 4.74 Å². The molecule has 0 radical (unpaired) electrons. The van der Waals surface area contributed by atoms with Gasteiger partial charge in [-0.15, -0.1) is 0 Å². The number of nitrogens with zero attached hydrogens (tertiary/aromatic N) is 1. The molecule has 4 nitrogen and oxygen atoms in total. The number of Topliss-reactive ketones (excluding diaryl/α,β-unsaturated/α-hetero) is 1. The number of likely N-dealkylation sites (tertiary alicyclic amines) is 1. The average Bonchev–Trinajstić information content (AvgIpc) is 2.79. The zero-order chi connectivity index (χ0) is 16.5. The number of carbonyl (C=O) groups excluding carboxylic acids is 2. The molecule has 1 aromatic carbocycles. The third-order valence-corrected chi connectivity index (χ3v) is 3.91. The molecule has 0 aromatic heterocycles. The normalized spacial score (nSPS) is 21.8. The molecule has 0 saturated carbocycles. The van der Waals surface area contributed by atoms with Crippen molar-refractivity contribution in [2.24, 2.45) is 0 Å². The van der Waals surface area contributed by atoms with Crippen molar-refractivity contribution in [1.29, 1.82) is 0 Å². The van der Waals surface area contributed by atoms with E-state index in [1.54, 1.807) is 4.90 Å². The molecule has 1 amide bonds. The molecule has 1 fully saturated rings. The minimum Gasteiger partial charge on any atom is -0.444 e. The van der Waals surface area contributed by atoms with Gasteiger partial charge in [-0.3, -0.25) is 9.69 Å². The second-order valence-corrected chi connectivity index (χ2v) is 7.06. The Bertz CT molecular complexity index is 557. The smallest absolute Gasteiger partial charge is 0.411 e. The highest BCUT2D eigenvalue weighted by Crippen LogP contribution is 2.28. The van der Waals surface area contributed by atoms with E-state index in [2.05, 4.69) is 0 Å². The van der Waals surface area contributed by atoms with E-state index in [1.165, 1.54) is 0 Å². The number of benzene rings is 1. The van der Waals surface area contributed by atoms with Crippen molar-refractivity contribution < 1.29 is 14.3 Å². The topological polar surface area (TPSA) is 46.6 Å². The predicted molar refractivity (Wildman–Crippen MR) is 86.1 cm³/mol. The molecular weight excluding hydrogens is 278 g/mol. The van der Waals surface area contributed by atoms with Crippen LogP contribution in [0.4, 0.5) is 4.79 Å². The highest BCUT2D eigenvalue weighted by Gasteiger charge is 2.40. The van der Waals surface area contributed by atoms with Gasteiger partial charge in [-0.05, 0) is 47.5 Å². The molecule has 2 rings (SSSR count). The van der Waals surface area contributed by atoms with Crippen LogP contribution in [0.15, 0.2) is 24.3 Å². The van der Waals surface area contributed by atoms with Gasteiger partial charge in [0.15, 0.2) is 5.78 Å². The molecule has 1 aliphatic heterocycles. The van der Waals surface area contributed by atoms with E-state index in [1.807, 2.05) is 58.9 Å². The minimum absolute atomic E-state index is 0.00444.